The average molecular weight is 554 g/mol. The summed E-state index contributed by atoms with van der Waals surface area (Å²) in [5.74, 6) is 5.78. The number of anilines is 1. The molecule has 3 amide bonds. The Hall–Kier alpha value is -3.82. The van der Waals surface area contributed by atoms with E-state index in [0.717, 1.165) is 21.7 Å². The minimum Gasteiger partial charge on any atom is -0.441 e. The highest BCUT2D eigenvalue weighted by molar-refractivity contribution is 7.13. The van der Waals surface area contributed by atoms with Gasteiger partial charge in [-0.05, 0) is 26.0 Å². The molecule has 15 heteroatoms. The van der Waals surface area contributed by atoms with Crippen LogP contribution in [0.1, 0.15) is 31.2 Å². The first-order valence-corrected chi connectivity index (χ1v) is 12.2. The number of rotatable bonds is 9. The molecule has 4 N–H and O–H groups in total. The quantitative estimate of drug-likeness (QED) is 0.200. The Morgan fingerprint density at radius 1 is 1.21 bits per heavy atom. The van der Waals surface area contributed by atoms with E-state index >= 15 is 0 Å². The summed E-state index contributed by atoms with van der Waals surface area (Å²) in [6, 6.07) is 2.57. The van der Waals surface area contributed by atoms with Crippen LogP contribution in [0.3, 0.4) is 0 Å². The van der Waals surface area contributed by atoms with Gasteiger partial charge in [0.05, 0.1) is 13.2 Å². The number of nitrogens with one attached hydrogen (secondary N) is 2. The van der Waals surface area contributed by atoms with Gasteiger partial charge in [0.1, 0.15) is 16.9 Å². The molecule has 38 heavy (non-hydrogen) atoms. The number of ether oxygens (including phenoxy) is 2. The molecular weight excluding hydrogens is 527 g/mol. The Morgan fingerprint density at radius 3 is 2.63 bits per heavy atom. The average Bonchev–Trinajstić information content (AvgIpc) is 3.38. The normalized spacial score (nSPS) is 12.1. The third-order valence-electron chi connectivity index (χ3n) is 5.10. The second-order valence-corrected chi connectivity index (χ2v) is 8.71. The van der Waals surface area contributed by atoms with Crippen LogP contribution in [0.25, 0.3) is 21.7 Å². The number of nitrogens with zero attached hydrogens (tertiary/aromatic N) is 4. The summed E-state index contributed by atoms with van der Waals surface area (Å²) in [5.41, 5.74) is 0.643. The van der Waals surface area contributed by atoms with Gasteiger partial charge in [-0.2, -0.15) is 13.2 Å². The van der Waals surface area contributed by atoms with Crippen LogP contribution in [0.4, 0.5) is 28.6 Å². The van der Waals surface area contributed by atoms with Crippen LogP contribution in [0.5, 0.6) is 0 Å². The van der Waals surface area contributed by atoms with Crippen molar-refractivity contribution in [1.29, 1.82) is 0 Å². The van der Waals surface area contributed by atoms with Crippen LogP contribution in [-0.4, -0.2) is 58.9 Å². The first-order chi connectivity index (χ1) is 18.0. The van der Waals surface area contributed by atoms with Crippen molar-refractivity contribution in [2.75, 3.05) is 32.1 Å². The highest BCUT2D eigenvalue weighted by atomic mass is 32.1. The number of thiazole rings is 1. The van der Waals surface area contributed by atoms with Gasteiger partial charge in [-0.15, -0.1) is 11.3 Å². The number of hydrogen-bond acceptors (Lipinski definition) is 9. The molecule has 3 aromatic rings. The number of carbonyl (C=O) groups is 2. The summed E-state index contributed by atoms with van der Waals surface area (Å²) in [7, 11) is 1.47. The molecule has 0 saturated heterocycles. The van der Waals surface area contributed by atoms with E-state index in [1.165, 1.54) is 31.8 Å². The third-order valence-corrected chi connectivity index (χ3v) is 5.97. The molecule has 0 radical (unpaired) electrons. The van der Waals surface area contributed by atoms with Crippen molar-refractivity contribution in [3.63, 3.8) is 0 Å². The topological polar surface area (TPSA) is 145 Å². The van der Waals surface area contributed by atoms with Gasteiger partial charge in [-0.25, -0.2) is 30.4 Å². The summed E-state index contributed by atoms with van der Waals surface area (Å²) in [6.45, 7) is 4.08. The first kappa shape index (κ1) is 28.7. The van der Waals surface area contributed by atoms with Gasteiger partial charge in [-0.1, -0.05) is 0 Å². The Labute approximate surface area is 220 Å². The summed E-state index contributed by atoms with van der Waals surface area (Å²) in [6.07, 6.45) is -1.77. The van der Waals surface area contributed by atoms with Crippen molar-refractivity contribution >= 4 is 29.3 Å². The van der Waals surface area contributed by atoms with E-state index in [2.05, 4.69) is 25.6 Å². The largest absolute Gasteiger partial charge is 0.441 e. The minimum atomic E-state index is -4.62. The summed E-state index contributed by atoms with van der Waals surface area (Å²) < 4.78 is 50.0. The fourth-order valence-electron chi connectivity index (χ4n) is 3.17. The van der Waals surface area contributed by atoms with E-state index in [0.29, 0.717) is 28.8 Å². The zero-order valence-electron chi connectivity index (χ0n) is 20.7. The molecule has 3 heterocycles. The number of alkyl halides is 3. The molecular formula is C23H26F3N7O4S. The van der Waals surface area contributed by atoms with Gasteiger partial charge in [0.15, 0.2) is 5.69 Å². The Morgan fingerprint density at radius 2 is 1.97 bits per heavy atom. The number of halogens is 3. The zero-order chi connectivity index (χ0) is 27.9. The standard InChI is InChI=1S/C23H26F3N7O4S/c1-4-29-21(34)32-19-8-16(20-31-18(12-38-20)23(24,25)26)17(11-30-19)15-7-14(9-28-10-15)13(2)37-22(35)33(27)5-6-36-3/h7-13H,4-6,27H2,1-3H3,(H2,29,30,32,34). The Balaban J connectivity index is 1.97. The fourth-order valence-corrected chi connectivity index (χ4v) is 4.03. The van der Waals surface area contributed by atoms with E-state index in [4.69, 9.17) is 15.3 Å². The van der Waals surface area contributed by atoms with Crippen LogP contribution >= 0.6 is 11.3 Å². The van der Waals surface area contributed by atoms with Crippen molar-refractivity contribution in [2.45, 2.75) is 26.1 Å². The van der Waals surface area contributed by atoms with Gasteiger partial charge in [0, 0.05) is 59.9 Å². The molecule has 0 saturated carbocycles. The number of hydrogen-bond donors (Lipinski definition) is 3. The second-order valence-electron chi connectivity index (χ2n) is 7.85. The van der Waals surface area contributed by atoms with Crippen LogP contribution in [-0.2, 0) is 15.7 Å². The highest BCUT2D eigenvalue weighted by Gasteiger charge is 2.34. The third kappa shape index (κ3) is 7.36. The molecule has 0 aliphatic rings. The first-order valence-electron chi connectivity index (χ1n) is 11.3. The van der Waals surface area contributed by atoms with E-state index < -0.39 is 30.1 Å². The van der Waals surface area contributed by atoms with Gasteiger partial charge in [0.2, 0.25) is 0 Å². The Bertz CT molecular complexity index is 1270. The van der Waals surface area contributed by atoms with Crippen LogP contribution in [0, 0.1) is 0 Å². The van der Waals surface area contributed by atoms with Crippen LogP contribution in [0.15, 0.2) is 36.1 Å². The number of carbonyl (C=O) groups excluding carboxylic acids is 2. The smallest absolute Gasteiger partial charge is 0.434 e. The molecule has 0 bridgehead atoms. The molecule has 0 aliphatic carbocycles. The van der Waals surface area contributed by atoms with E-state index in [1.54, 1.807) is 19.9 Å². The molecule has 11 nitrogen and oxygen atoms in total. The predicted octanol–water partition coefficient (Wildman–Crippen LogP) is 4.45. The number of pyridine rings is 2. The van der Waals surface area contributed by atoms with Crippen molar-refractivity contribution in [2.24, 2.45) is 5.84 Å². The lowest BCUT2D eigenvalue weighted by Crippen LogP contribution is -2.40. The van der Waals surface area contributed by atoms with Gasteiger partial charge >= 0.3 is 18.3 Å². The summed E-state index contributed by atoms with van der Waals surface area (Å²) in [4.78, 5) is 36.4. The molecule has 1 atom stereocenters. The minimum absolute atomic E-state index is 0.0653. The molecule has 204 valence electrons. The summed E-state index contributed by atoms with van der Waals surface area (Å²) >= 11 is 0.798. The molecule has 0 aliphatic heterocycles. The number of hydrazine groups is 1. The van der Waals surface area contributed by atoms with Crippen LogP contribution < -0.4 is 16.5 Å². The number of nitrogens with two attached hydrogens (primary N) is 1. The van der Waals surface area contributed by atoms with E-state index in [1.807, 2.05) is 0 Å². The van der Waals surface area contributed by atoms with E-state index in [9.17, 15) is 22.8 Å². The molecule has 3 rings (SSSR count). The monoisotopic (exact) mass is 553 g/mol. The lowest BCUT2D eigenvalue weighted by molar-refractivity contribution is -0.140. The fraction of sp³-hybridized carbons (Fsp3) is 0.348. The number of methoxy groups -OCH3 is 1. The number of aromatic nitrogens is 3. The van der Waals surface area contributed by atoms with Gasteiger partial charge in [0.25, 0.3) is 0 Å². The maximum absolute atomic E-state index is 13.2. The molecule has 1 unspecified atom stereocenters. The van der Waals surface area contributed by atoms with Crippen LogP contribution in [0.2, 0.25) is 0 Å². The maximum Gasteiger partial charge on any atom is 0.434 e. The lowest BCUT2D eigenvalue weighted by Gasteiger charge is -2.20. The Kier molecular flexibility index (Phi) is 9.55. The summed E-state index contributed by atoms with van der Waals surface area (Å²) in [5, 5.41) is 6.95. The van der Waals surface area contributed by atoms with Crippen molar-refractivity contribution in [3.05, 3.63) is 47.4 Å². The number of urea groups is 1. The molecule has 0 aromatic carbocycles. The maximum atomic E-state index is 13.2. The van der Waals surface area contributed by atoms with Crippen molar-refractivity contribution in [3.8, 4) is 21.7 Å². The van der Waals surface area contributed by atoms with E-state index in [-0.39, 0.29) is 24.0 Å². The van der Waals surface area contributed by atoms with Gasteiger partial charge in [-0.3, -0.25) is 10.3 Å². The van der Waals surface area contributed by atoms with Gasteiger partial charge < -0.3 is 14.8 Å². The highest BCUT2D eigenvalue weighted by Crippen LogP contribution is 2.38. The van der Waals surface area contributed by atoms with Crippen molar-refractivity contribution in [1.82, 2.24) is 25.3 Å². The van der Waals surface area contributed by atoms with Crippen molar-refractivity contribution < 1.29 is 32.2 Å². The zero-order valence-corrected chi connectivity index (χ0v) is 21.5. The molecule has 0 spiro atoms. The predicted molar refractivity (Wildman–Crippen MR) is 134 cm³/mol. The second kappa shape index (κ2) is 12.6. The lowest BCUT2D eigenvalue weighted by atomic mass is 10.0. The molecule has 3 aromatic heterocycles. The molecule has 0 fully saturated rings. The number of amides is 3. The SMILES string of the molecule is CCNC(=O)Nc1cc(-c2nc(C(F)(F)F)cs2)c(-c2cncc(C(C)OC(=O)N(N)CCOC)c2)cn1.